The van der Waals surface area contributed by atoms with Crippen LogP contribution in [0.25, 0.3) is 0 Å². The smallest absolute Gasteiger partial charge is 0.227 e. The minimum absolute atomic E-state index is 0.0346. The minimum Gasteiger partial charge on any atom is -0.355 e. The highest BCUT2D eigenvalue weighted by Gasteiger charge is 2.23. The van der Waals surface area contributed by atoms with Crippen LogP contribution in [0.4, 0.5) is 0 Å². The molecule has 5 heteroatoms. The maximum Gasteiger partial charge on any atom is 0.227 e. The lowest BCUT2D eigenvalue weighted by atomic mass is 9.87. The van der Waals surface area contributed by atoms with Gasteiger partial charge < -0.3 is 10.6 Å². The molecular weight excluding hydrogens is 276 g/mol. The van der Waals surface area contributed by atoms with Crippen molar-refractivity contribution < 1.29 is 9.59 Å². The number of carbonyl (C=O) groups is 2. The van der Waals surface area contributed by atoms with Gasteiger partial charge in [-0.15, -0.1) is 0 Å². The molecule has 1 rings (SSSR count). The molecule has 0 saturated carbocycles. The molecule has 20 heavy (non-hydrogen) atoms. The van der Waals surface area contributed by atoms with E-state index in [0.717, 1.165) is 5.56 Å². The highest BCUT2D eigenvalue weighted by molar-refractivity contribution is 6.30. The number of hydrogen-bond donors (Lipinski definition) is 2. The molecule has 0 saturated heterocycles. The van der Waals surface area contributed by atoms with Crippen molar-refractivity contribution in [2.24, 2.45) is 5.92 Å². The van der Waals surface area contributed by atoms with Gasteiger partial charge in [-0.05, 0) is 23.6 Å². The molecule has 0 aliphatic carbocycles. The van der Waals surface area contributed by atoms with E-state index in [0.29, 0.717) is 18.1 Å². The molecule has 2 N–H and O–H groups in total. The Labute approximate surface area is 124 Å². The molecule has 0 aliphatic heterocycles. The predicted molar refractivity (Wildman–Crippen MR) is 80.7 cm³/mol. The van der Waals surface area contributed by atoms with Crippen LogP contribution in [0.1, 0.15) is 32.3 Å². The van der Waals surface area contributed by atoms with Gasteiger partial charge in [-0.3, -0.25) is 9.59 Å². The zero-order valence-electron chi connectivity index (χ0n) is 12.1. The monoisotopic (exact) mass is 296 g/mol. The van der Waals surface area contributed by atoms with Gasteiger partial charge in [-0.25, -0.2) is 0 Å². The third kappa shape index (κ3) is 5.21. The van der Waals surface area contributed by atoms with Crippen LogP contribution >= 0.6 is 11.6 Å². The van der Waals surface area contributed by atoms with E-state index in [2.05, 4.69) is 10.6 Å². The number of nitrogens with one attached hydrogen (secondary N) is 2. The molecule has 1 atom stereocenters. The highest BCUT2D eigenvalue weighted by Crippen LogP contribution is 2.25. The third-order valence-electron chi connectivity index (χ3n) is 2.98. The zero-order chi connectivity index (χ0) is 15.1. The molecular formula is C15H21ClN2O2. The maximum atomic E-state index is 12.3. The summed E-state index contributed by atoms with van der Waals surface area (Å²) in [4.78, 5) is 23.0. The third-order valence-corrected chi connectivity index (χ3v) is 3.23. The number of benzene rings is 1. The summed E-state index contributed by atoms with van der Waals surface area (Å²) in [7, 11) is 0. The van der Waals surface area contributed by atoms with Gasteiger partial charge in [-0.2, -0.15) is 0 Å². The Kier molecular flexibility index (Phi) is 6.52. The van der Waals surface area contributed by atoms with Crippen LogP contribution in [0.3, 0.4) is 0 Å². The molecule has 4 nitrogen and oxygen atoms in total. The first-order valence-electron chi connectivity index (χ1n) is 6.69. The Morgan fingerprint density at radius 3 is 2.15 bits per heavy atom. The number of carbonyl (C=O) groups excluding carboxylic acids is 2. The standard InChI is InChI=1S/C15H21ClN2O2/c1-10(2)14(12-4-6-13(16)7-5-12)15(20)18-9-8-17-11(3)19/h4-7,10,14H,8-9H2,1-3H3,(H,17,19)(H,18,20)/t14-/m1/s1. The van der Waals surface area contributed by atoms with Crippen molar-refractivity contribution in [3.63, 3.8) is 0 Å². The maximum absolute atomic E-state index is 12.3. The van der Waals surface area contributed by atoms with Crippen molar-refractivity contribution in [1.82, 2.24) is 10.6 Å². The van der Waals surface area contributed by atoms with Crippen LogP contribution in [-0.2, 0) is 9.59 Å². The van der Waals surface area contributed by atoms with Gasteiger partial charge in [0.15, 0.2) is 0 Å². The van der Waals surface area contributed by atoms with Gasteiger partial charge >= 0.3 is 0 Å². The summed E-state index contributed by atoms with van der Waals surface area (Å²) in [6.45, 7) is 6.33. The van der Waals surface area contributed by atoms with Gasteiger partial charge in [-0.1, -0.05) is 37.6 Å². The molecule has 1 aromatic rings. The van der Waals surface area contributed by atoms with Crippen molar-refractivity contribution >= 4 is 23.4 Å². The van der Waals surface area contributed by atoms with Crippen molar-refractivity contribution in [1.29, 1.82) is 0 Å². The first-order valence-corrected chi connectivity index (χ1v) is 7.07. The lowest BCUT2D eigenvalue weighted by Gasteiger charge is -2.21. The molecule has 0 spiro atoms. The molecule has 0 radical (unpaired) electrons. The second kappa shape index (κ2) is 7.90. The number of hydrogen-bond acceptors (Lipinski definition) is 2. The van der Waals surface area contributed by atoms with Gasteiger partial charge in [0.2, 0.25) is 11.8 Å². The first-order chi connectivity index (χ1) is 9.41. The molecule has 0 aromatic heterocycles. The molecule has 110 valence electrons. The lowest BCUT2D eigenvalue weighted by molar-refractivity contribution is -0.124. The molecule has 0 unspecified atom stereocenters. The summed E-state index contributed by atoms with van der Waals surface area (Å²) in [6.07, 6.45) is 0. The fourth-order valence-corrected chi connectivity index (χ4v) is 2.17. The largest absolute Gasteiger partial charge is 0.355 e. The van der Waals surface area contributed by atoms with Gasteiger partial charge in [0.25, 0.3) is 0 Å². The SMILES string of the molecule is CC(=O)NCCNC(=O)[C@@H](c1ccc(Cl)cc1)C(C)C. The first kappa shape index (κ1) is 16.5. The van der Waals surface area contributed by atoms with Crippen LogP contribution in [0, 0.1) is 5.92 Å². The van der Waals surface area contributed by atoms with Gasteiger partial charge in [0.1, 0.15) is 0 Å². The molecule has 0 fully saturated rings. The molecule has 0 aliphatic rings. The Morgan fingerprint density at radius 1 is 1.10 bits per heavy atom. The van der Waals surface area contributed by atoms with E-state index in [-0.39, 0.29) is 23.7 Å². The van der Waals surface area contributed by atoms with E-state index in [1.54, 1.807) is 12.1 Å². The van der Waals surface area contributed by atoms with Crippen molar-refractivity contribution in [2.45, 2.75) is 26.7 Å². The molecule has 2 amide bonds. The molecule has 0 bridgehead atoms. The average Bonchev–Trinajstić information content (AvgIpc) is 2.36. The summed E-state index contributed by atoms with van der Waals surface area (Å²) in [6, 6.07) is 7.33. The van der Waals surface area contributed by atoms with E-state index >= 15 is 0 Å². The highest BCUT2D eigenvalue weighted by atomic mass is 35.5. The zero-order valence-corrected chi connectivity index (χ0v) is 12.8. The van der Waals surface area contributed by atoms with Crippen LogP contribution in [-0.4, -0.2) is 24.9 Å². The van der Waals surface area contributed by atoms with Crippen molar-refractivity contribution in [3.8, 4) is 0 Å². The summed E-state index contributed by atoms with van der Waals surface area (Å²) in [5, 5.41) is 6.15. The van der Waals surface area contributed by atoms with Crippen molar-refractivity contribution in [3.05, 3.63) is 34.9 Å². The molecule has 1 aromatic carbocycles. The van der Waals surface area contributed by atoms with E-state index < -0.39 is 0 Å². The summed E-state index contributed by atoms with van der Waals surface area (Å²) < 4.78 is 0. The number of halogens is 1. The van der Waals surface area contributed by atoms with Crippen molar-refractivity contribution in [2.75, 3.05) is 13.1 Å². The summed E-state index contributed by atoms with van der Waals surface area (Å²) in [5.74, 6) is -0.174. The van der Waals surface area contributed by atoms with Gasteiger partial charge in [0.05, 0.1) is 5.92 Å². The average molecular weight is 297 g/mol. The van der Waals surface area contributed by atoms with Crippen LogP contribution < -0.4 is 10.6 Å². The second-order valence-corrected chi connectivity index (χ2v) is 5.48. The topological polar surface area (TPSA) is 58.2 Å². The van der Waals surface area contributed by atoms with E-state index in [4.69, 9.17) is 11.6 Å². The quantitative estimate of drug-likeness (QED) is 0.792. The number of rotatable bonds is 6. The number of amides is 2. The predicted octanol–water partition coefficient (Wildman–Crippen LogP) is 2.33. The fourth-order valence-electron chi connectivity index (χ4n) is 2.04. The second-order valence-electron chi connectivity index (χ2n) is 5.05. The lowest BCUT2D eigenvalue weighted by Crippen LogP contribution is -2.37. The van der Waals surface area contributed by atoms with E-state index in [9.17, 15) is 9.59 Å². The van der Waals surface area contributed by atoms with Crippen LogP contribution in [0.5, 0.6) is 0 Å². The normalized spacial score (nSPS) is 12.1. The van der Waals surface area contributed by atoms with Gasteiger partial charge in [0, 0.05) is 25.0 Å². The summed E-state index contributed by atoms with van der Waals surface area (Å²) in [5.41, 5.74) is 0.946. The Hall–Kier alpha value is -1.55. The van der Waals surface area contributed by atoms with E-state index in [1.165, 1.54) is 6.92 Å². The van der Waals surface area contributed by atoms with Crippen LogP contribution in [0.15, 0.2) is 24.3 Å². The van der Waals surface area contributed by atoms with Crippen LogP contribution in [0.2, 0.25) is 5.02 Å². The minimum atomic E-state index is -0.218. The Bertz CT molecular complexity index is 457. The summed E-state index contributed by atoms with van der Waals surface area (Å²) >= 11 is 5.87. The fraction of sp³-hybridized carbons (Fsp3) is 0.467. The van der Waals surface area contributed by atoms with E-state index in [1.807, 2.05) is 26.0 Å². The Morgan fingerprint density at radius 2 is 1.65 bits per heavy atom. The molecule has 0 heterocycles. The Balaban J connectivity index is 2.64.